The fourth-order valence-corrected chi connectivity index (χ4v) is 4.60. The highest BCUT2D eigenvalue weighted by Crippen LogP contribution is 2.38. The van der Waals surface area contributed by atoms with Crippen molar-refractivity contribution in [2.24, 2.45) is 5.92 Å². The molecule has 1 aromatic rings. The van der Waals surface area contributed by atoms with Gasteiger partial charge in [0.05, 0.1) is 18.1 Å². The molecule has 3 amide bonds. The fourth-order valence-electron chi connectivity index (χ4n) is 4.60. The van der Waals surface area contributed by atoms with E-state index in [9.17, 15) is 19.5 Å². The van der Waals surface area contributed by atoms with Gasteiger partial charge < -0.3 is 20.6 Å². The van der Waals surface area contributed by atoms with Gasteiger partial charge in [0, 0.05) is 38.9 Å². The first-order valence-electron chi connectivity index (χ1n) is 10.3. The minimum Gasteiger partial charge on any atom is -0.391 e. The smallest absolute Gasteiger partial charge is 0.225 e. The van der Waals surface area contributed by atoms with E-state index >= 15 is 0 Å². The van der Waals surface area contributed by atoms with E-state index in [-0.39, 0.29) is 41.5 Å². The van der Waals surface area contributed by atoms with Gasteiger partial charge >= 0.3 is 0 Å². The summed E-state index contributed by atoms with van der Waals surface area (Å²) in [4.78, 5) is 37.6. The van der Waals surface area contributed by atoms with Crippen molar-refractivity contribution in [3.8, 4) is 0 Å². The molecule has 29 heavy (non-hydrogen) atoms. The third-order valence-corrected chi connectivity index (χ3v) is 6.40. The van der Waals surface area contributed by atoms with Crippen LogP contribution in [0.25, 0.3) is 0 Å². The molecule has 1 aliphatic heterocycles. The summed E-state index contributed by atoms with van der Waals surface area (Å²) in [5.41, 5.74) is 0.801. The maximum absolute atomic E-state index is 12.7. The van der Waals surface area contributed by atoms with E-state index in [2.05, 4.69) is 22.8 Å². The molecule has 7 heteroatoms. The summed E-state index contributed by atoms with van der Waals surface area (Å²) in [5.74, 6) is -0.562. The molecule has 1 heterocycles. The molecule has 2 fully saturated rings. The van der Waals surface area contributed by atoms with E-state index in [1.165, 1.54) is 6.92 Å². The minimum atomic E-state index is -0.610. The van der Waals surface area contributed by atoms with Crippen LogP contribution < -0.4 is 10.6 Å². The topological polar surface area (TPSA) is 98.7 Å². The standard InChI is InChI=1S/C22H31N3O4/c1-15(26)24-18-8-10-22(11-9-19(18)27,17-6-4-3-5-7-17)14-23-21(29)16-12-20(28)25(2)13-16/h3-7,16,18-19,27H,8-14H2,1-2H3,(H,23,29)(H,24,26)/t16-,18+,19+,22+/m1/s1. The number of carbonyl (C=O) groups is 3. The lowest BCUT2D eigenvalue weighted by Gasteiger charge is -2.34. The number of hydrogen-bond donors (Lipinski definition) is 3. The molecule has 0 bridgehead atoms. The van der Waals surface area contributed by atoms with E-state index < -0.39 is 6.10 Å². The number of hydrogen-bond acceptors (Lipinski definition) is 4. The van der Waals surface area contributed by atoms with Crippen molar-refractivity contribution in [1.82, 2.24) is 15.5 Å². The van der Waals surface area contributed by atoms with E-state index in [1.807, 2.05) is 18.2 Å². The lowest BCUT2D eigenvalue weighted by molar-refractivity contribution is -0.128. The number of aliphatic hydroxyl groups is 1. The van der Waals surface area contributed by atoms with Crippen LogP contribution in [-0.4, -0.2) is 60.0 Å². The van der Waals surface area contributed by atoms with Crippen molar-refractivity contribution in [2.45, 2.75) is 56.6 Å². The SMILES string of the molecule is CC(=O)N[C@H]1CC[C@](CNC(=O)[C@@H]2CC(=O)N(C)C2)(c2ccccc2)CC[C@@H]1O. The van der Waals surface area contributed by atoms with E-state index in [0.717, 1.165) is 12.0 Å². The average Bonchev–Trinajstić information content (AvgIpc) is 2.96. The first-order valence-corrected chi connectivity index (χ1v) is 10.3. The summed E-state index contributed by atoms with van der Waals surface area (Å²) in [6.07, 6.45) is 2.27. The van der Waals surface area contributed by atoms with Crippen LogP contribution in [0.15, 0.2) is 30.3 Å². The van der Waals surface area contributed by atoms with Gasteiger partial charge in [0.1, 0.15) is 0 Å². The summed E-state index contributed by atoms with van der Waals surface area (Å²) in [7, 11) is 1.72. The summed E-state index contributed by atoms with van der Waals surface area (Å²) in [6.45, 7) is 2.36. The molecule has 1 aliphatic carbocycles. The van der Waals surface area contributed by atoms with Gasteiger partial charge in [-0.2, -0.15) is 0 Å². The van der Waals surface area contributed by atoms with Gasteiger partial charge in [0.15, 0.2) is 0 Å². The van der Waals surface area contributed by atoms with Gasteiger partial charge in [0.25, 0.3) is 0 Å². The second kappa shape index (κ2) is 8.95. The highest BCUT2D eigenvalue weighted by molar-refractivity contribution is 5.89. The van der Waals surface area contributed by atoms with Crippen LogP contribution in [0, 0.1) is 5.92 Å². The van der Waals surface area contributed by atoms with E-state index in [1.54, 1.807) is 11.9 Å². The Morgan fingerprint density at radius 1 is 1.21 bits per heavy atom. The molecule has 0 aromatic heterocycles. The van der Waals surface area contributed by atoms with Gasteiger partial charge in [-0.25, -0.2) is 0 Å². The monoisotopic (exact) mass is 401 g/mol. The third-order valence-electron chi connectivity index (χ3n) is 6.40. The molecule has 1 aromatic carbocycles. The van der Waals surface area contributed by atoms with Crippen LogP contribution in [0.1, 0.15) is 44.6 Å². The molecule has 158 valence electrons. The lowest BCUT2D eigenvalue weighted by atomic mass is 9.74. The predicted molar refractivity (Wildman–Crippen MR) is 109 cm³/mol. The molecule has 3 N–H and O–H groups in total. The predicted octanol–water partition coefficient (Wildman–Crippen LogP) is 0.959. The van der Waals surface area contributed by atoms with Crippen LogP contribution in [0.5, 0.6) is 0 Å². The Bertz CT molecular complexity index is 754. The molecular weight excluding hydrogens is 370 g/mol. The van der Waals surface area contributed by atoms with Crippen molar-refractivity contribution in [2.75, 3.05) is 20.1 Å². The van der Waals surface area contributed by atoms with Gasteiger partial charge in [-0.05, 0) is 31.2 Å². The summed E-state index contributed by atoms with van der Waals surface area (Å²) < 4.78 is 0. The van der Waals surface area contributed by atoms with Crippen molar-refractivity contribution in [3.63, 3.8) is 0 Å². The van der Waals surface area contributed by atoms with Crippen molar-refractivity contribution in [1.29, 1.82) is 0 Å². The van der Waals surface area contributed by atoms with Crippen LogP contribution >= 0.6 is 0 Å². The van der Waals surface area contributed by atoms with Gasteiger partial charge in [-0.3, -0.25) is 14.4 Å². The van der Waals surface area contributed by atoms with Crippen LogP contribution in [-0.2, 0) is 19.8 Å². The molecule has 1 saturated carbocycles. The van der Waals surface area contributed by atoms with Crippen LogP contribution in [0.2, 0.25) is 0 Å². The molecule has 2 aliphatic rings. The summed E-state index contributed by atoms with van der Waals surface area (Å²) in [6, 6.07) is 9.76. The molecular formula is C22H31N3O4. The summed E-state index contributed by atoms with van der Waals surface area (Å²) in [5, 5.41) is 16.5. The Balaban J connectivity index is 1.76. The highest BCUT2D eigenvalue weighted by Gasteiger charge is 2.39. The van der Waals surface area contributed by atoms with Crippen molar-refractivity contribution >= 4 is 17.7 Å². The number of nitrogens with one attached hydrogen (secondary N) is 2. The van der Waals surface area contributed by atoms with Crippen LogP contribution in [0.3, 0.4) is 0 Å². The Morgan fingerprint density at radius 2 is 1.90 bits per heavy atom. The molecule has 1 saturated heterocycles. The molecule has 3 rings (SSSR count). The highest BCUT2D eigenvalue weighted by atomic mass is 16.3. The van der Waals surface area contributed by atoms with Crippen LogP contribution in [0.4, 0.5) is 0 Å². The van der Waals surface area contributed by atoms with Crippen molar-refractivity contribution in [3.05, 3.63) is 35.9 Å². The zero-order valence-corrected chi connectivity index (χ0v) is 17.2. The zero-order valence-electron chi connectivity index (χ0n) is 17.2. The average molecular weight is 402 g/mol. The van der Waals surface area contributed by atoms with Gasteiger partial charge in [-0.1, -0.05) is 30.3 Å². The molecule has 0 spiro atoms. The molecule has 4 atom stereocenters. The maximum atomic E-state index is 12.7. The van der Waals surface area contributed by atoms with E-state index in [4.69, 9.17) is 0 Å². The Hall–Kier alpha value is -2.41. The number of carbonyl (C=O) groups excluding carboxylic acids is 3. The second-order valence-electron chi connectivity index (χ2n) is 8.49. The molecule has 0 unspecified atom stereocenters. The quantitative estimate of drug-likeness (QED) is 0.640. The van der Waals surface area contributed by atoms with Gasteiger partial charge in [0.2, 0.25) is 17.7 Å². The lowest BCUT2D eigenvalue weighted by Crippen LogP contribution is -2.43. The number of likely N-dealkylation sites (tertiary alicyclic amines) is 1. The Labute approximate surface area is 171 Å². The Morgan fingerprint density at radius 3 is 2.52 bits per heavy atom. The first kappa shape index (κ1) is 21.3. The Kier molecular flexibility index (Phi) is 6.57. The normalized spacial score (nSPS) is 30.0. The second-order valence-corrected chi connectivity index (χ2v) is 8.49. The first-order chi connectivity index (χ1) is 13.8. The number of nitrogens with zero attached hydrogens (tertiary/aromatic N) is 1. The molecule has 0 radical (unpaired) electrons. The largest absolute Gasteiger partial charge is 0.391 e. The summed E-state index contributed by atoms with van der Waals surface area (Å²) >= 11 is 0. The third kappa shape index (κ3) is 4.96. The number of benzene rings is 1. The minimum absolute atomic E-state index is 0.00124. The molecule has 7 nitrogen and oxygen atoms in total. The fraction of sp³-hybridized carbons (Fsp3) is 0.591. The number of rotatable bonds is 5. The maximum Gasteiger partial charge on any atom is 0.225 e. The number of aliphatic hydroxyl groups excluding tert-OH is 1. The van der Waals surface area contributed by atoms with Crippen molar-refractivity contribution < 1.29 is 19.5 Å². The van der Waals surface area contributed by atoms with Gasteiger partial charge in [-0.15, -0.1) is 0 Å². The van der Waals surface area contributed by atoms with E-state index in [0.29, 0.717) is 32.4 Å². The zero-order chi connectivity index (χ0) is 21.0. The number of amides is 3.